The molecule has 2 nitrogen and oxygen atoms in total. The van der Waals surface area contributed by atoms with Crippen molar-refractivity contribution in [1.29, 1.82) is 0 Å². The maximum Gasteiger partial charge on any atom is 0.138 e. The lowest BCUT2D eigenvalue weighted by Crippen LogP contribution is -2.25. The second-order valence-electron chi connectivity index (χ2n) is 3.14. The summed E-state index contributed by atoms with van der Waals surface area (Å²) in [5.74, 6) is 0.532. The summed E-state index contributed by atoms with van der Waals surface area (Å²) in [6.45, 7) is 3.43. The van der Waals surface area contributed by atoms with E-state index in [0.717, 1.165) is 0 Å². The molecule has 1 rings (SSSR count). The van der Waals surface area contributed by atoms with Crippen LogP contribution >= 0.6 is 23.2 Å². The summed E-state index contributed by atoms with van der Waals surface area (Å²) in [6.07, 6.45) is -0.838. The molecular weight excluding hydrogens is 223 g/mol. The first-order valence-corrected chi connectivity index (χ1v) is 5.06. The van der Waals surface area contributed by atoms with Crippen molar-refractivity contribution in [3.8, 4) is 5.75 Å². The van der Waals surface area contributed by atoms with Gasteiger partial charge < -0.3 is 9.84 Å². The fraction of sp³-hybridized carbons (Fsp3) is 0.400. The first kappa shape index (κ1) is 11.6. The third-order valence-corrected chi connectivity index (χ3v) is 2.42. The zero-order chi connectivity index (χ0) is 10.7. The van der Waals surface area contributed by atoms with Crippen LogP contribution < -0.4 is 4.74 Å². The molecule has 0 amide bonds. The highest BCUT2D eigenvalue weighted by Crippen LogP contribution is 2.28. The fourth-order valence-electron chi connectivity index (χ4n) is 0.870. The Labute approximate surface area is 93.4 Å². The van der Waals surface area contributed by atoms with Crippen molar-refractivity contribution in [2.24, 2.45) is 0 Å². The second kappa shape index (κ2) is 4.87. The van der Waals surface area contributed by atoms with Crippen LogP contribution in [0, 0.1) is 0 Å². The molecular formula is C10H12Cl2O2. The molecule has 0 saturated heterocycles. The minimum atomic E-state index is -0.540. The summed E-state index contributed by atoms with van der Waals surface area (Å²) in [4.78, 5) is 0. The van der Waals surface area contributed by atoms with Gasteiger partial charge in [-0.05, 0) is 32.0 Å². The van der Waals surface area contributed by atoms with Crippen molar-refractivity contribution in [2.75, 3.05) is 0 Å². The zero-order valence-electron chi connectivity index (χ0n) is 8.00. The van der Waals surface area contributed by atoms with Gasteiger partial charge in [0.05, 0.1) is 11.1 Å². The molecule has 1 aromatic carbocycles. The normalized spacial score (nSPS) is 14.9. The first-order valence-electron chi connectivity index (χ1n) is 4.30. The molecule has 2 unspecified atom stereocenters. The van der Waals surface area contributed by atoms with E-state index in [1.807, 2.05) is 0 Å². The van der Waals surface area contributed by atoms with Crippen LogP contribution in [0.5, 0.6) is 5.75 Å². The smallest absolute Gasteiger partial charge is 0.138 e. The molecule has 0 aliphatic rings. The van der Waals surface area contributed by atoms with Gasteiger partial charge >= 0.3 is 0 Å². The van der Waals surface area contributed by atoms with Crippen LogP contribution in [-0.4, -0.2) is 17.3 Å². The molecule has 0 spiro atoms. The first-order chi connectivity index (χ1) is 6.50. The third kappa shape index (κ3) is 3.05. The van der Waals surface area contributed by atoms with Gasteiger partial charge in [0.1, 0.15) is 11.9 Å². The Morgan fingerprint density at radius 1 is 1.29 bits per heavy atom. The third-order valence-electron chi connectivity index (χ3n) is 1.89. The van der Waals surface area contributed by atoms with E-state index in [1.54, 1.807) is 32.0 Å². The Morgan fingerprint density at radius 2 is 1.93 bits per heavy atom. The number of aliphatic hydroxyl groups excluding tert-OH is 1. The number of aliphatic hydroxyl groups is 1. The van der Waals surface area contributed by atoms with Gasteiger partial charge in [-0.3, -0.25) is 0 Å². The number of hydrogen-bond donors (Lipinski definition) is 1. The zero-order valence-corrected chi connectivity index (χ0v) is 9.51. The van der Waals surface area contributed by atoms with Gasteiger partial charge in [0, 0.05) is 5.02 Å². The lowest BCUT2D eigenvalue weighted by Gasteiger charge is -2.17. The molecule has 0 aliphatic heterocycles. The molecule has 0 radical (unpaired) electrons. The summed E-state index contributed by atoms with van der Waals surface area (Å²) in [6, 6.07) is 4.98. The van der Waals surface area contributed by atoms with Crippen LogP contribution in [0.15, 0.2) is 18.2 Å². The topological polar surface area (TPSA) is 29.5 Å². The van der Waals surface area contributed by atoms with Gasteiger partial charge in [0.15, 0.2) is 0 Å². The van der Waals surface area contributed by atoms with Crippen LogP contribution in [0.3, 0.4) is 0 Å². The molecule has 0 aromatic heterocycles. The van der Waals surface area contributed by atoms with E-state index >= 15 is 0 Å². The molecule has 14 heavy (non-hydrogen) atoms. The molecule has 1 aromatic rings. The van der Waals surface area contributed by atoms with Crippen LogP contribution in [0.25, 0.3) is 0 Å². The van der Waals surface area contributed by atoms with Crippen LogP contribution in [0.2, 0.25) is 10.0 Å². The van der Waals surface area contributed by atoms with Crippen LogP contribution in [0.1, 0.15) is 13.8 Å². The second-order valence-corrected chi connectivity index (χ2v) is 3.98. The number of halogens is 2. The average Bonchev–Trinajstić information content (AvgIpc) is 2.09. The molecule has 2 atom stereocenters. The van der Waals surface area contributed by atoms with Gasteiger partial charge in [0.25, 0.3) is 0 Å². The quantitative estimate of drug-likeness (QED) is 0.871. The number of hydrogen-bond acceptors (Lipinski definition) is 2. The molecule has 0 saturated carbocycles. The van der Waals surface area contributed by atoms with E-state index in [4.69, 9.17) is 27.9 Å². The standard InChI is InChI=1S/C10H12Cl2O2/c1-6(13)7(2)14-10-4-3-8(11)5-9(10)12/h3-7,13H,1-2H3. The largest absolute Gasteiger partial charge is 0.486 e. The van der Waals surface area contributed by atoms with Crippen molar-refractivity contribution in [3.63, 3.8) is 0 Å². The summed E-state index contributed by atoms with van der Waals surface area (Å²) < 4.78 is 5.42. The number of rotatable bonds is 3. The Hall–Kier alpha value is -0.440. The Morgan fingerprint density at radius 3 is 2.43 bits per heavy atom. The summed E-state index contributed by atoms with van der Waals surface area (Å²) in [5, 5.41) is 10.2. The van der Waals surface area contributed by atoms with E-state index in [1.165, 1.54) is 0 Å². The minimum Gasteiger partial charge on any atom is -0.486 e. The molecule has 0 fully saturated rings. The molecule has 78 valence electrons. The van der Waals surface area contributed by atoms with Crippen molar-refractivity contribution >= 4 is 23.2 Å². The molecule has 0 aliphatic carbocycles. The molecule has 1 N–H and O–H groups in total. The van der Waals surface area contributed by atoms with Gasteiger partial charge in [-0.1, -0.05) is 23.2 Å². The van der Waals surface area contributed by atoms with Gasteiger partial charge in [0.2, 0.25) is 0 Å². The minimum absolute atomic E-state index is 0.298. The number of ether oxygens (including phenoxy) is 1. The highest BCUT2D eigenvalue weighted by Gasteiger charge is 2.12. The van der Waals surface area contributed by atoms with Crippen molar-refractivity contribution in [3.05, 3.63) is 28.2 Å². The van der Waals surface area contributed by atoms with E-state index in [2.05, 4.69) is 0 Å². The monoisotopic (exact) mass is 234 g/mol. The van der Waals surface area contributed by atoms with E-state index in [9.17, 15) is 5.11 Å². The van der Waals surface area contributed by atoms with Crippen LogP contribution in [-0.2, 0) is 0 Å². The SMILES string of the molecule is CC(O)C(C)Oc1ccc(Cl)cc1Cl. The van der Waals surface area contributed by atoms with E-state index < -0.39 is 6.10 Å². The van der Waals surface area contributed by atoms with E-state index in [0.29, 0.717) is 15.8 Å². The van der Waals surface area contributed by atoms with Crippen molar-refractivity contribution in [1.82, 2.24) is 0 Å². The summed E-state index contributed by atoms with van der Waals surface area (Å²) in [5.41, 5.74) is 0. The van der Waals surface area contributed by atoms with Gasteiger partial charge in [-0.2, -0.15) is 0 Å². The summed E-state index contributed by atoms with van der Waals surface area (Å²) in [7, 11) is 0. The van der Waals surface area contributed by atoms with Gasteiger partial charge in [-0.15, -0.1) is 0 Å². The fourth-order valence-corrected chi connectivity index (χ4v) is 1.32. The highest BCUT2D eigenvalue weighted by molar-refractivity contribution is 6.35. The Kier molecular flexibility index (Phi) is 4.05. The highest BCUT2D eigenvalue weighted by atomic mass is 35.5. The molecule has 0 bridgehead atoms. The summed E-state index contributed by atoms with van der Waals surface area (Å²) >= 11 is 11.6. The van der Waals surface area contributed by atoms with Crippen molar-refractivity contribution < 1.29 is 9.84 Å². The molecule has 0 heterocycles. The van der Waals surface area contributed by atoms with Gasteiger partial charge in [-0.25, -0.2) is 0 Å². The van der Waals surface area contributed by atoms with Crippen LogP contribution in [0.4, 0.5) is 0 Å². The Balaban J connectivity index is 2.77. The van der Waals surface area contributed by atoms with E-state index in [-0.39, 0.29) is 6.10 Å². The lowest BCUT2D eigenvalue weighted by atomic mass is 10.2. The Bertz CT molecular complexity index is 313. The average molecular weight is 235 g/mol. The maximum atomic E-state index is 9.23. The number of benzene rings is 1. The van der Waals surface area contributed by atoms with Crippen molar-refractivity contribution in [2.45, 2.75) is 26.1 Å². The predicted octanol–water partition coefficient (Wildman–Crippen LogP) is 3.14. The lowest BCUT2D eigenvalue weighted by molar-refractivity contribution is 0.0605. The maximum absolute atomic E-state index is 9.23. The molecule has 4 heteroatoms. The predicted molar refractivity (Wildman–Crippen MR) is 58.2 cm³/mol.